The highest BCUT2D eigenvalue weighted by Gasteiger charge is 2.19. The number of nitrogens with zero attached hydrogens (tertiary/aromatic N) is 3. The summed E-state index contributed by atoms with van der Waals surface area (Å²) in [4.78, 5) is 25.1. The van der Waals surface area contributed by atoms with Crippen LogP contribution in [0, 0.1) is 0 Å². The number of benzene rings is 2. The van der Waals surface area contributed by atoms with E-state index in [1.807, 2.05) is 62.4 Å². The number of aromatic nitrogens is 3. The van der Waals surface area contributed by atoms with Gasteiger partial charge in [-0.1, -0.05) is 30.8 Å². The van der Waals surface area contributed by atoms with E-state index >= 15 is 0 Å². The lowest BCUT2D eigenvalue weighted by molar-refractivity contribution is -0.167. The lowest BCUT2D eigenvalue weighted by atomic mass is 10.1. The van der Waals surface area contributed by atoms with Crippen LogP contribution in [0.2, 0.25) is 0 Å². The number of aliphatic hydroxyl groups excluding tert-OH is 1. The number of hydrogen-bond donors (Lipinski definition) is 1. The van der Waals surface area contributed by atoms with Crippen LogP contribution in [0.5, 0.6) is 17.5 Å². The summed E-state index contributed by atoms with van der Waals surface area (Å²) < 4.78 is 21.9. The molecule has 178 valence electrons. The van der Waals surface area contributed by atoms with Crippen LogP contribution in [0.15, 0.2) is 60.7 Å². The summed E-state index contributed by atoms with van der Waals surface area (Å²) in [5, 5.41) is 10.0. The SMILES string of the molecule is C=C(C)C(=O)OC(O)COc1nc(-c2ccccc2OCC)nc(-c2ccccc2OCC)n1. The highest BCUT2D eigenvalue weighted by atomic mass is 16.7. The van der Waals surface area contributed by atoms with E-state index in [4.69, 9.17) is 18.9 Å². The first-order valence-corrected chi connectivity index (χ1v) is 10.8. The van der Waals surface area contributed by atoms with Gasteiger partial charge in [-0.25, -0.2) is 9.78 Å². The third kappa shape index (κ3) is 6.29. The molecule has 1 unspecified atom stereocenters. The van der Waals surface area contributed by atoms with Gasteiger partial charge >= 0.3 is 12.0 Å². The van der Waals surface area contributed by atoms with Crippen molar-refractivity contribution in [3.05, 3.63) is 60.7 Å². The van der Waals surface area contributed by atoms with Crippen LogP contribution in [0.3, 0.4) is 0 Å². The van der Waals surface area contributed by atoms with Gasteiger partial charge in [-0.05, 0) is 45.0 Å². The maximum atomic E-state index is 11.6. The van der Waals surface area contributed by atoms with Gasteiger partial charge in [0.1, 0.15) is 11.5 Å². The first-order valence-electron chi connectivity index (χ1n) is 10.8. The van der Waals surface area contributed by atoms with E-state index in [1.165, 1.54) is 6.92 Å². The molecule has 0 bridgehead atoms. The number of esters is 1. The first kappa shape index (κ1) is 24.7. The molecular formula is C25H27N3O6. The number of carbonyl (C=O) groups excluding carboxylic acids is 1. The Hall–Kier alpha value is -3.98. The highest BCUT2D eigenvalue weighted by Crippen LogP contribution is 2.32. The highest BCUT2D eigenvalue weighted by molar-refractivity contribution is 5.87. The molecule has 0 aliphatic carbocycles. The summed E-state index contributed by atoms with van der Waals surface area (Å²) in [6.45, 7) is 9.27. The number of para-hydroxylation sites is 2. The Kier molecular flexibility index (Phi) is 8.53. The molecule has 1 aromatic heterocycles. The first-order chi connectivity index (χ1) is 16.4. The van der Waals surface area contributed by atoms with Crippen molar-refractivity contribution in [1.82, 2.24) is 15.0 Å². The molecule has 0 radical (unpaired) electrons. The minimum atomic E-state index is -1.53. The van der Waals surface area contributed by atoms with Crippen molar-refractivity contribution in [3.8, 4) is 40.3 Å². The van der Waals surface area contributed by atoms with E-state index in [0.29, 0.717) is 47.5 Å². The average Bonchev–Trinajstić information content (AvgIpc) is 2.83. The third-order valence-electron chi connectivity index (χ3n) is 4.42. The molecule has 3 aromatic rings. The van der Waals surface area contributed by atoms with E-state index in [9.17, 15) is 9.90 Å². The molecule has 0 saturated carbocycles. The van der Waals surface area contributed by atoms with Crippen LogP contribution in [0.1, 0.15) is 20.8 Å². The normalized spacial score (nSPS) is 11.4. The smallest absolute Gasteiger partial charge is 0.335 e. The molecule has 1 N–H and O–H groups in total. The predicted molar refractivity (Wildman–Crippen MR) is 125 cm³/mol. The van der Waals surface area contributed by atoms with Crippen molar-refractivity contribution in [2.75, 3.05) is 19.8 Å². The van der Waals surface area contributed by atoms with Gasteiger partial charge in [0.15, 0.2) is 18.3 Å². The molecule has 0 aliphatic heterocycles. The summed E-state index contributed by atoms with van der Waals surface area (Å²) >= 11 is 0. The van der Waals surface area contributed by atoms with E-state index in [1.54, 1.807) is 0 Å². The Morgan fingerprint density at radius 1 is 0.882 bits per heavy atom. The minimum Gasteiger partial charge on any atom is -0.493 e. The summed E-state index contributed by atoms with van der Waals surface area (Å²) in [5.74, 6) is 1.08. The lowest BCUT2D eigenvalue weighted by Gasteiger charge is -2.15. The molecule has 0 spiro atoms. The zero-order chi connectivity index (χ0) is 24.5. The molecule has 34 heavy (non-hydrogen) atoms. The van der Waals surface area contributed by atoms with E-state index in [-0.39, 0.29) is 18.2 Å². The second kappa shape index (κ2) is 11.8. The largest absolute Gasteiger partial charge is 0.493 e. The molecule has 0 fully saturated rings. The van der Waals surface area contributed by atoms with E-state index in [0.717, 1.165) is 0 Å². The van der Waals surface area contributed by atoms with Gasteiger partial charge in [0.05, 0.1) is 24.3 Å². The van der Waals surface area contributed by atoms with E-state index < -0.39 is 12.3 Å². The fraction of sp³-hybridized carbons (Fsp3) is 0.280. The second-order valence-corrected chi connectivity index (χ2v) is 7.07. The summed E-state index contributed by atoms with van der Waals surface area (Å²) in [7, 11) is 0. The minimum absolute atomic E-state index is 0.0666. The molecule has 0 saturated heterocycles. The fourth-order valence-corrected chi connectivity index (χ4v) is 2.93. The lowest BCUT2D eigenvalue weighted by Crippen LogP contribution is -2.25. The van der Waals surface area contributed by atoms with Crippen LogP contribution in [-0.2, 0) is 9.53 Å². The van der Waals surface area contributed by atoms with Gasteiger partial charge in [0.25, 0.3) is 0 Å². The fourth-order valence-electron chi connectivity index (χ4n) is 2.93. The van der Waals surface area contributed by atoms with Crippen molar-refractivity contribution in [2.24, 2.45) is 0 Å². The van der Waals surface area contributed by atoms with E-state index in [2.05, 4.69) is 21.5 Å². The quantitative estimate of drug-likeness (QED) is 0.256. The average molecular weight is 466 g/mol. The molecule has 0 amide bonds. The van der Waals surface area contributed by atoms with Crippen molar-refractivity contribution in [3.63, 3.8) is 0 Å². The van der Waals surface area contributed by atoms with Crippen LogP contribution >= 0.6 is 0 Å². The second-order valence-electron chi connectivity index (χ2n) is 7.07. The van der Waals surface area contributed by atoms with Crippen molar-refractivity contribution in [2.45, 2.75) is 27.1 Å². The van der Waals surface area contributed by atoms with Crippen LogP contribution in [0.25, 0.3) is 22.8 Å². The monoisotopic (exact) mass is 465 g/mol. The topological polar surface area (TPSA) is 113 Å². The van der Waals surface area contributed by atoms with Gasteiger partial charge in [-0.15, -0.1) is 0 Å². The number of aliphatic hydroxyl groups is 1. The molecule has 1 atom stereocenters. The standard InChI is InChI=1S/C25H27N3O6/c1-5-31-19-13-9-7-11-17(19)22-26-23(18-12-8-10-14-20(18)32-6-2)28-25(27-22)33-15-21(29)34-24(30)16(3)4/h7-14,21,29H,3,5-6,15H2,1-2,4H3. The van der Waals surface area contributed by atoms with Crippen LogP contribution in [0.4, 0.5) is 0 Å². The predicted octanol–water partition coefficient (Wildman–Crippen LogP) is 3.82. The number of rotatable bonds is 11. The molecule has 0 aliphatic rings. The summed E-state index contributed by atoms with van der Waals surface area (Å²) in [6.07, 6.45) is -1.53. The van der Waals surface area contributed by atoms with Gasteiger partial charge < -0.3 is 24.1 Å². The molecular weight excluding hydrogens is 438 g/mol. The van der Waals surface area contributed by atoms with Crippen molar-refractivity contribution >= 4 is 5.97 Å². The third-order valence-corrected chi connectivity index (χ3v) is 4.42. The van der Waals surface area contributed by atoms with Crippen molar-refractivity contribution in [1.29, 1.82) is 0 Å². The molecule has 9 nitrogen and oxygen atoms in total. The van der Waals surface area contributed by atoms with Crippen molar-refractivity contribution < 1.29 is 28.8 Å². The summed E-state index contributed by atoms with van der Waals surface area (Å²) in [5.41, 5.74) is 1.44. The van der Waals surface area contributed by atoms with Gasteiger partial charge in [-0.2, -0.15) is 9.97 Å². The number of ether oxygens (including phenoxy) is 4. The Balaban J connectivity index is 2.01. The molecule has 1 heterocycles. The molecule has 2 aromatic carbocycles. The Labute approximate surface area is 198 Å². The molecule has 3 rings (SSSR count). The Bertz CT molecular complexity index is 1080. The zero-order valence-corrected chi connectivity index (χ0v) is 19.4. The Morgan fingerprint density at radius 3 is 1.85 bits per heavy atom. The van der Waals surface area contributed by atoms with Crippen LogP contribution < -0.4 is 14.2 Å². The van der Waals surface area contributed by atoms with Crippen LogP contribution in [-0.4, -0.2) is 52.1 Å². The summed E-state index contributed by atoms with van der Waals surface area (Å²) in [6, 6.07) is 14.6. The van der Waals surface area contributed by atoms with Gasteiger partial charge in [0.2, 0.25) is 6.29 Å². The maximum absolute atomic E-state index is 11.6. The zero-order valence-electron chi connectivity index (χ0n) is 19.4. The molecule has 9 heteroatoms. The Morgan fingerprint density at radius 2 is 1.38 bits per heavy atom. The van der Waals surface area contributed by atoms with Gasteiger partial charge in [0, 0.05) is 5.57 Å². The number of hydrogen-bond acceptors (Lipinski definition) is 9. The number of carbonyl (C=O) groups is 1. The van der Waals surface area contributed by atoms with Gasteiger partial charge in [-0.3, -0.25) is 0 Å². The maximum Gasteiger partial charge on any atom is 0.335 e.